The van der Waals surface area contributed by atoms with Gasteiger partial charge in [-0.15, -0.1) is 0 Å². The Kier molecular flexibility index (Phi) is 3.88. The lowest BCUT2D eigenvalue weighted by Crippen LogP contribution is -2.36. The second-order valence-electron chi connectivity index (χ2n) is 5.94. The van der Waals surface area contributed by atoms with Gasteiger partial charge in [-0.2, -0.15) is 10.2 Å². The van der Waals surface area contributed by atoms with Gasteiger partial charge in [0.25, 0.3) is 0 Å². The number of carboxylic acids is 1. The minimum atomic E-state index is -0.816. The summed E-state index contributed by atoms with van der Waals surface area (Å²) >= 11 is 0. The van der Waals surface area contributed by atoms with Gasteiger partial charge in [-0.3, -0.25) is 4.79 Å². The van der Waals surface area contributed by atoms with Gasteiger partial charge in [0.1, 0.15) is 0 Å². The molecule has 1 aromatic carbocycles. The van der Waals surface area contributed by atoms with Crippen molar-refractivity contribution in [3.63, 3.8) is 0 Å². The number of nitrogens with zero attached hydrogens (tertiary/aromatic N) is 2. The first kappa shape index (κ1) is 14.2. The van der Waals surface area contributed by atoms with E-state index in [1.54, 1.807) is 6.20 Å². The van der Waals surface area contributed by atoms with Crippen LogP contribution in [0, 0.1) is 5.41 Å². The van der Waals surface area contributed by atoms with Crippen LogP contribution in [-0.2, 0) is 4.79 Å². The van der Waals surface area contributed by atoms with Crippen LogP contribution in [0.5, 0.6) is 0 Å². The lowest BCUT2D eigenvalue weighted by molar-refractivity contribution is -0.137. The largest absolute Gasteiger partial charge is 0.481 e. The van der Waals surface area contributed by atoms with Crippen LogP contribution in [0.15, 0.2) is 30.5 Å². The molecule has 0 aliphatic carbocycles. The zero-order valence-electron chi connectivity index (χ0n) is 11.9. The summed E-state index contributed by atoms with van der Waals surface area (Å²) in [6.45, 7) is 6.05. The van der Waals surface area contributed by atoms with E-state index in [9.17, 15) is 4.79 Å². The van der Waals surface area contributed by atoms with Crippen molar-refractivity contribution in [1.29, 1.82) is 0 Å². The van der Waals surface area contributed by atoms with Crippen LogP contribution >= 0.6 is 0 Å². The van der Waals surface area contributed by atoms with Gasteiger partial charge < -0.3 is 10.4 Å². The Bertz CT molecular complexity index is 615. The Labute approximate surface area is 118 Å². The maximum atomic E-state index is 11.0. The van der Waals surface area contributed by atoms with E-state index in [2.05, 4.69) is 15.5 Å². The molecule has 0 spiro atoms. The van der Waals surface area contributed by atoms with Crippen molar-refractivity contribution in [2.45, 2.75) is 33.2 Å². The van der Waals surface area contributed by atoms with Crippen molar-refractivity contribution in [1.82, 2.24) is 10.2 Å². The number of anilines is 1. The maximum Gasteiger partial charge on any atom is 0.305 e. The molecule has 0 aliphatic rings. The SMILES string of the molecule is CC(C)(C)C(CC(=O)O)Nc1cnnc2ccccc12. The predicted molar refractivity (Wildman–Crippen MR) is 78.7 cm³/mol. The summed E-state index contributed by atoms with van der Waals surface area (Å²) in [6, 6.07) is 7.48. The third kappa shape index (κ3) is 3.23. The van der Waals surface area contributed by atoms with Gasteiger partial charge in [-0.25, -0.2) is 0 Å². The third-order valence-corrected chi connectivity index (χ3v) is 3.30. The van der Waals surface area contributed by atoms with E-state index in [0.717, 1.165) is 16.6 Å². The van der Waals surface area contributed by atoms with Crippen LogP contribution in [0.1, 0.15) is 27.2 Å². The fourth-order valence-electron chi connectivity index (χ4n) is 2.06. The normalized spacial score (nSPS) is 13.2. The number of carboxylic acid groups (broad SMARTS) is 1. The Morgan fingerprint density at radius 1 is 1.35 bits per heavy atom. The topological polar surface area (TPSA) is 75.1 Å². The number of hydrogen-bond acceptors (Lipinski definition) is 4. The first-order valence-electron chi connectivity index (χ1n) is 6.56. The summed E-state index contributed by atoms with van der Waals surface area (Å²) in [4.78, 5) is 11.0. The highest BCUT2D eigenvalue weighted by atomic mass is 16.4. The van der Waals surface area contributed by atoms with Crippen LogP contribution in [0.4, 0.5) is 5.69 Å². The van der Waals surface area contributed by atoms with Gasteiger partial charge in [-0.1, -0.05) is 39.0 Å². The Hall–Kier alpha value is -2.17. The molecule has 5 nitrogen and oxygen atoms in total. The van der Waals surface area contributed by atoms with Gasteiger partial charge in [0.15, 0.2) is 0 Å². The van der Waals surface area contributed by atoms with E-state index in [-0.39, 0.29) is 17.9 Å². The van der Waals surface area contributed by atoms with Gasteiger partial charge >= 0.3 is 5.97 Å². The summed E-state index contributed by atoms with van der Waals surface area (Å²) in [5.41, 5.74) is 1.43. The minimum Gasteiger partial charge on any atom is -0.481 e. The number of benzene rings is 1. The molecule has 0 aliphatic heterocycles. The van der Waals surface area contributed by atoms with Crippen molar-refractivity contribution in [2.75, 3.05) is 5.32 Å². The third-order valence-electron chi connectivity index (χ3n) is 3.30. The number of aliphatic carboxylic acids is 1. The highest BCUT2D eigenvalue weighted by Gasteiger charge is 2.27. The van der Waals surface area contributed by atoms with Crippen molar-refractivity contribution < 1.29 is 9.90 Å². The average molecular weight is 273 g/mol. The highest BCUT2D eigenvalue weighted by Crippen LogP contribution is 2.28. The highest BCUT2D eigenvalue weighted by molar-refractivity contribution is 5.90. The molecule has 5 heteroatoms. The van der Waals surface area contributed by atoms with E-state index in [1.807, 2.05) is 45.0 Å². The summed E-state index contributed by atoms with van der Waals surface area (Å²) in [5, 5.41) is 21.4. The fraction of sp³-hybridized carbons (Fsp3) is 0.400. The molecular weight excluding hydrogens is 254 g/mol. The predicted octanol–water partition coefficient (Wildman–Crippen LogP) is 2.93. The molecular formula is C15H19N3O2. The van der Waals surface area contributed by atoms with E-state index >= 15 is 0 Å². The number of carbonyl (C=O) groups is 1. The van der Waals surface area contributed by atoms with Gasteiger partial charge in [0, 0.05) is 11.4 Å². The van der Waals surface area contributed by atoms with Crippen molar-refractivity contribution in [3.8, 4) is 0 Å². The summed E-state index contributed by atoms with van der Waals surface area (Å²) < 4.78 is 0. The molecule has 2 rings (SSSR count). The van der Waals surface area contributed by atoms with Crippen LogP contribution < -0.4 is 5.32 Å². The van der Waals surface area contributed by atoms with E-state index in [1.165, 1.54) is 0 Å². The molecule has 0 amide bonds. The lowest BCUT2D eigenvalue weighted by Gasteiger charge is -2.31. The number of aromatic nitrogens is 2. The van der Waals surface area contributed by atoms with Crippen LogP contribution in [0.2, 0.25) is 0 Å². The molecule has 20 heavy (non-hydrogen) atoms. The van der Waals surface area contributed by atoms with Crippen LogP contribution in [0.3, 0.4) is 0 Å². The molecule has 1 heterocycles. The maximum absolute atomic E-state index is 11.0. The second-order valence-corrected chi connectivity index (χ2v) is 5.94. The zero-order chi connectivity index (χ0) is 14.8. The molecule has 0 saturated carbocycles. The van der Waals surface area contributed by atoms with Crippen LogP contribution in [0.25, 0.3) is 10.9 Å². The van der Waals surface area contributed by atoms with Crippen molar-refractivity contribution >= 4 is 22.6 Å². The minimum absolute atomic E-state index is 0.0557. The Morgan fingerprint density at radius 3 is 2.70 bits per heavy atom. The molecule has 0 radical (unpaired) electrons. The molecule has 0 fully saturated rings. The summed E-state index contributed by atoms with van der Waals surface area (Å²) in [7, 11) is 0. The molecule has 106 valence electrons. The first-order valence-corrected chi connectivity index (χ1v) is 6.56. The fourth-order valence-corrected chi connectivity index (χ4v) is 2.06. The smallest absolute Gasteiger partial charge is 0.305 e. The van der Waals surface area contributed by atoms with E-state index < -0.39 is 5.97 Å². The molecule has 1 aromatic heterocycles. The number of hydrogen-bond donors (Lipinski definition) is 2. The Morgan fingerprint density at radius 2 is 2.05 bits per heavy atom. The van der Waals surface area contributed by atoms with Gasteiger partial charge in [-0.05, 0) is 11.5 Å². The quantitative estimate of drug-likeness (QED) is 0.895. The molecule has 2 aromatic rings. The molecule has 2 N–H and O–H groups in total. The molecule has 1 unspecified atom stereocenters. The van der Waals surface area contributed by atoms with Crippen molar-refractivity contribution in [3.05, 3.63) is 30.5 Å². The Balaban J connectivity index is 2.36. The standard InChI is InChI=1S/C15H19N3O2/c1-15(2,3)13(8-14(19)20)17-12-9-16-18-11-7-5-4-6-10(11)12/h4-7,9,13H,8H2,1-3H3,(H,17,18)(H,19,20). The average Bonchev–Trinajstić information content (AvgIpc) is 2.37. The number of nitrogens with one attached hydrogen (secondary N) is 1. The summed E-state index contributed by atoms with van der Waals surface area (Å²) in [6.07, 6.45) is 1.70. The van der Waals surface area contributed by atoms with Crippen LogP contribution in [-0.4, -0.2) is 27.3 Å². The monoisotopic (exact) mass is 273 g/mol. The van der Waals surface area contributed by atoms with E-state index in [4.69, 9.17) is 5.11 Å². The first-order chi connectivity index (χ1) is 9.38. The zero-order valence-corrected chi connectivity index (χ0v) is 11.9. The van der Waals surface area contributed by atoms with E-state index in [0.29, 0.717) is 0 Å². The second kappa shape index (κ2) is 5.45. The van der Waals surface area contributed by atoms with Crippen molar-refractivity contribution in [2.24, 2.45) is 5.41 Å². The molecule has 0 bridgehead atoms. The number of rotatable bonds is 4. The number of fused-ring (bicyclic) bond motifs is 1. The lowest BCUT2D eigenvalue weighted by atomic mass is 9.84. The molecule has 1 atom stereocenters. The van der Waals surface area contributed by atoms with Gasteiger partial charge in [0.2, 0.25) is 0 Å². The van der Waals surface area contributed by atoms with Gasteiger partial charge in [0.05, 0.1) is 23.8 Å². The molecule has 0 saturated heterocycles. The summed E-state index contributed by atoms with van der Waals surface area (Å²) in [5.74, 6) is -0.816.